The molecule has 0 fully saturated rings. The van der Waals surface area contributed by atoms with Crippen molar-refractivity contribution in [1.82, 2.24) is 15.6 Å². The summed E-state index contributed by atoms with van der Waals surface area (Å²) >= 11 is 3.13. The molecule has 0 saturated heterocycles. The monoisotopic (exact) mass is 353 g/mol. The van der Waals surface area contributed by atoms with Gasteiger partial charge in [0, 0.05) is 18.0 Å². The highest BCUT2D eigenvalue weighted by Gasteiger charge is 2.12. The summed E-state index contributed by atoms with van der Waals surface area (Å²) in [5.41, 5.74) is 0.492. The Morgan fingerprint density at radius 1 is 1.40 bits per heavy atom. The number of nitrogens with one attached hydrogen (secondary N) is 2. The van der Waals surface area contributed by atoms with Crippen LogP contribution in [-0.2, 0) is 0 Å². The fraction of sp³-hybridized carbons (Fsp3) is 0.333. The molecular weight excluding hydrogens is 337 g/mol. The molecule has 20 heavy (non-hydrogen) atoms. The number of hydrogen-bond acceptors (Lipinski definition) is 5. The van der Waals surface area contributed by atoms with Crippen LogP contribution >= 0.6 is 47.5 Å². The van der Waals surface area contributed by atoms with E-state index in [4.69, 9.17) is 0 Å². The Morgan fingerprint density at radius 2 is 2.15 bits per heavy atom. The van der Waals surface area contributed by atoms with Crippen LogP contribution in [0.2, 0.25) is 0 Å². The molecule has 0 aliphatic carbocycles. The summed E-state index contributed by atoms with van der Waals surface area (Å²) in [5, 5.41) is 10.6. The summed E-state index contributed by atoms with van der Waals surface area (Å²) < 4.78 is 0. The van der Waals surface area contributed by atoms with E-state index in [9.17, 15) is 4.79 Å². The third-order valence-corrected chi connectivity index (χ3v) is 4.41. The molecule has 4 nitrogen and oxygen atoms in total. The van der Waals surface area contributed by atoms with Crippen LogP contribution in [0.25, 0.3) is 9.88 Å². The lowest BCUT2D eigenvalue weighted by Crippen LogP contribution is -2.37. The molecule has 0 radical (unpaired) electrons. The standard InChI is InChI=1S/C12H15N3OS2.2ClH/c1-8(13-2)6-14-11(16)9-7-18-12(15-9)10-4-3-5-17-10;;/h3-5,7-8,13H,6H2,1-2H3,(H,14,16);2*1H. The van der Waals surface area contributed by atoms with E-state index in [-0.39, 0.29) is 36.8 Å². The maximum absolute atomic E-state index is 11.9. The molecule has 2 aromatic rings. The number of nitrogens with zero attached hydrogens (tertiary/aromatic N) is 1. The molecule has 1 atom stereocenters. The first kappa shape index (κ1) is 19.3. The minimum absolute atomic E-state index is 0. The van der Waals surface area contributed by atoms with Crippen LogP contribution in [0.1, 0.15) is 17.4 Å². The van der Waals surface area contributed by atoms with Gasteiger partial charge in [-0.2, -0.15) is 0 Å². The average molecular weight is 354 g/mol. The van der Waals surface area contributed by atoms with Gasteiger partial charge in [-0.3, -0.25) is 4.79 Å². The lowest BCUT2D eigenvalue weighted by Gasteiger charge is -2.10. The Hall–Kier alpha value is -0.660. The Morgan fingerprint density at radius 3 is 2.75 bits per heavy atom. The Balaban J connectivity index is 0.00000180. The predicted octanol–water partition coefficient (Wildman–Crippen LogP) is 3.05. The first-order valence-electron chi connectivity index (χ1n) is 5.65. The summed E-state index contributed by atoms with van der Waals surface area (Å²) in [6.45, 7) is 2.61. The molecule has 8 heteroatoms. The zero-order valence-electron chi connectivity index (χ0n) is 11.1. The number of carbonyl (C=O) groups is 1. The molecule has 0 saturated carbocycles. The second kappa shape index (κ2) is 9.31. The van der Waals surface area contributed by atoms with Gasteiger partial charge in [0.1, 0.15) is 10.7 Å². The smallest absolute Gasteiger partial charge is 0.270 e. The molecule has 0 bridgehead atoms. The van der Waals surface area contributed by atoms with Crippen molar-refractivity contribution in [2.75, 3.05) is 13.6 Å². The highest BCUT2D eigenvalue weighted by atomic mass is 35.5. The molecule has 1 amide bonds. The molecule has 2 heterocycles. The van der Waals surface area contributed by atoms with E-state index >= 15 is 0 Å². The second-order valence-corrected chi connectivity index (χ2v) is 5.72. The van der Waals surface area contributed by atoms with Crippen molar-refractivity contribution in [2.45, 2.75) is 13.0 Å². The summed E-state index contributed by atoms with van der Waals surface area (Å²) in [6.07, 6.45) is 0. The third-order valence-electron chi connectivity index (χ3n) is 2.53. The normalized spacial score (nSPS) is 11.1. The first-order valence-corrected chi connectivity index (χ1v) is 7.41. The number of aromatic nitrogens is 1. The molecule has 112 valence electrons. The van der Waals surface area contributed by atoms with Crippen molar-refractivity contribution in [3.05, 3.63) is 28.6 Å². The molecule has 2 rings (SSSR count). The molecule has 0 aromatic carbocycles. The fourth-order valence-corrected chi connectivity index (χ4v) is 2.94. The van der Waals surface area contributed by atoms with Crippen molar-refractivity contribution in [3.63, 3.8) is 0 Å². The van der Waals surface area contributed by atoms with Gasteiger partial charge >= 0.3 is 0 Å². The molecular formula is C12H17Cl2N3OS2. The van der Waals surface area contributed by atoms with Gasteiger partial charge in [-0.15, -0.1) is 47.5 Å². The van der Waals surface area contributed by atoms with Crippen LogP contribution in [0.4, 0.5) is 0 Å². The SMILES string of the molecule is CNC(C)CNC(=O)c1csc(-c2cccs2)n1.Cl.Cl. The second-order valence-electron chi connectivity index (χ2n) is 3.91. The third kappa shape index (κ3) is 5.03. The van der Waals surface area contributed by atoms with Crippen LogP contribution in [0.5, 0.6) is 0 Å². The molecule has 1 unspecified atom stereocenters. The summed E-state index contributed by atoms with van der Waals surface area (Å²) in [4.78, 5) is 17.3. The number of rotatable bonds is 5. The van der Waals surface area contributed by atoms with Gasteiger partial charge in [-0.25, -0.2) is 4.98 Å². The van der Waals surface area contributed by atoms with E-state index in [2.05, 4.69) is 15.6 Å². The Kier molecular flexibility index (Phi) is 9.00. The lowest BCUT2D eigenvalue weighted by molar-refractivity contribution is 0.0946. The first-order chi connectivity index (χ1) is 8.70. The summed E-state index contributed by atoms with van der Waals surface area (Å²) in [5.74, 6) is -0.115. The van der Waals surface area contributed by atoms with Gasteiger partial charge in [0.2, 0.25) is 0 Å². The number of amides is 1. The van der Waals surface area contributed by atoms with Crippen LogP contribution in [0.3, 0.4) is 0 Å². The Bertz CT molecular complexity index is 517. The lowest BCUT2D eigenvalue weighted by atomic mass is 10.3. The topological polar surface area (TPSA) is 54.0 Å². The van der Waals surface area contributed by atoms with Gasteiger partial charge in [0.25, 0.3) is 5.91 Å². The highest BCUT2D eigenvalue weighted by Crippen LogP contribution is 2.27. The van der Waals surface area contributed by atoms with Gasteiger partial charge < -0.3 is 10.6 Å². The zero-order chi connectivity index (χ0) is 13.0. The maximum Gasteiger partial charge on any atom is 0.270 e. The van der Waals surface area contributed by atoms with Crippen LogP contribution in [0, 0.1) is 0 Å². The molecule has 2 N–H and O–H groups in total. The minimum Gasteiger partial charge on any atom is -0.349 e. The van der Waals surface area contributed by atoms with E-state index in [1.807, 2.05) is 31.5 Å². The van der Waals surface area contributed by atoms with Crippen LogP contribution in [0.15, 0.2) is 22.9 Å². The number of thiazole rings is 1. The summed E-state index contributed by atoms with van der Waals surface area (Å²) in [7, 11) is 1.87. The van der Waals surface area contributed by atoms with Crippen molar-refractivity contribution in [2.24, 2.45) is 0 Å². The fourth-order valence-electron chi connectivity index (χ4n) is 1.33. The zero-order valence-corrected chi connectivity index (χ0v) is 14.3. The van der Waals surface area contributed by atoms with E-state index in [1.54, 1.807) is 16.7 Å². The highest BCUT2D eigenvalue weighted by molar-refractivity contribution is 7.20. The van der Waals surface area contributed by atoms with Gasteiger partial charge in [0.15, 0.2) is 0 Å². The number of thiophene rings is 1. The molecule has 2 aromatic heterocycles. The molecule has 0 aliphatic rings. The van der Waals surface area contributed by atoms with Gasteiger partial charge in [0.05, 0.1) is 4.88 Å². The van der Waals surface area contributed by atoms with Gasteiger partial charge in [-0.1, -0.05) is 6.07 Å². The number of carbonyl (C=O) groups excluding carboxylic acids is 1. The van der Waals surface area contributed by atoms with Crippen LogP contribution < -0.4 is 10.6 Å². The minimum atomic E-state index is -0.115. The van der Waals surface area contributed by atoms with E-state index < -0.39 is 0 Å². The number of hydrogen-bond donors (Lipinski definition) is 2. The van der Waals surface area contributed by atoms with E-state index in [0.717, 1.165) is 9.88 Å². The van der Waals surface area contributed by atoms with Gasteiger partial charge in [-0.05, 0) is 25.4 Å². The van der Waals surface area contributed by atoms with Crippen molar-refractivity contribution in [1.29, 1.82) is 0 Å². The van der Waals surface area contributed by atoms with E-state index in [1.165, 1.54) is 11.3 Å². The Labute approximate surface area is 138 Å². The predicted molar refractivity (Wildman–Crippen MR) is 90.8 cm³/mol. The van der Waals surface area contributed by atoms with Crippen LogP contribution in [-0.4, -0.2) is 30.5 Å². The maximum atomic E-state index is 11.9. The summed E-state index contributed by atoms with van der Waals surface area (Å²) in [6, 6.07) is 4.24. The molecule has 0 spiro atoms. The van der Waals surface area contributed by atoms with Crippen molar-refractivity contribution < 1.29 is 4.79 Å². The van der Waals surface area contributed by atoms with Crippen molar-refractivity contribution in [3.8, 4) is 9.88 Å². The number of halogens is 2. The largest absolute Gasteiger partial charge is 0.349 e. The van der Waals surface area contributed by atoms with E-state index in [0.29, 0.717) is 12.2 Å². The number of likely N-dealkylation sites (N-methyl/N-ethyl adjacent to an activating group) is 1. The average Bonchev–Trinajstić information content (AvgIpc) is 3.04. The quantitative estimate of drug-likeness (QED) is 0.868. The van der Waals surface area contributed by atoms with Crippen molar-refractivity contribution >= 4 is 53.4 Å². The molecule has 0 aliphatic heterocycles.